The molecule has 0 spiro atoms. The van der Waals surface area contributed by atoms with Crippen molar-refractivity contribution in [3.63, 3.8) is 0 Å². The molecule has 0 aromatic heterocycles. The normalized spacial score (nSPS) is 14.7. The molecule has 0 heterocycles. The lowest BCUT2D eigenvalue weighted by Gasteiger charge is -2.05. The molecule has 0 amide bonds. The van der Waals surface area contributed by atoms with Crippen LogP contribution < -0.4 is 0 Å². The lowest BCUT2D eigenvalue weighted by molar-refractivity contribution is -0.122. The molecular weight excluding hydrogens is 156 g/mol. The average molecular weight is 166 g/mol. The van der Waals surface area contributed by atoms with Crippen molar-refractivity contribution in [2.75, 3.05) is 6.26 Å². The van der Waals surface area contributed by atoms with Gasteiger partial charge in [0.2, 0.25) is 0 Å². The average Bonchev–Trinajstić information content (AvgIpc) is 1.60. The minimum absolute atomic E-state index is 0.301. The van der Waals surface area contributed by atoms with E-state index in [2.05, 4.69) is 4.18 Å². The van der Waals surface area contributed by atoms with Crippen LogP contribution in [0.5, 0.6) is 0 Å². The second-order valence-corrected chi connectivity index (χ2v) is 3.65. The Kier molecular flexibility index (Phi) is 2.98. The molecule has 5 heteroatoms. The zero-order valence-corrected chi connectivity index (χ0v) is 6.94. The molecule has 4 nitrogen and oxygen atoms in total. The minimum Gasteiger partial charge on any atom is -0.297 e. The van der Waals surface area contributed by atoms with Gasteiger partial charge in [-0.25, -0.2) is 0 Å². The van der Waals surface area contributed by atoms with Crippen LogP contribution in [-0.2, 0) is 19.1 Å². The number of hydrogen-bond donors (Lipinski definition) is 0. The van der Waals surface area contributed by atoms with Crippen LogP contribution in [0.4, 0.5) is 0 Å². The fourth-order valence-electron chi connectivity index (χ4n) is 0.330. The van der Waals surface area contributed by atoms with Gasteiger partial charge in [-0.05, 0) is 13.8 Å². The predicted molar refractivity (Wildman–Crippen MR) is 36.1 cm³/mol. The van der Waals surface area contributed by atoms with Crippen molar-refractivity contribution in [2.45, 2.75) is 20.0 Å². The number of ketones is 1. The first-order valence-corrected chi connectivity index (χ1v) is 4.53. The predicted octanol–water partition coefficient (Wildman–Crippen LogP) is -0.0599. The third kappa shape index (κ3) is 4.46. The monoisotopic (exact) mass is 166 g/mol. The number of rotatable bonds is 3. The molecule has 0 radical (unpaired) electrons. The van der Waals surface area contributed by atoms with Crippen molar-refractivity contribution in [3.05, 3.63) is 0 Å². The largest absolute Gasteiger partial charge is 0.297 e. The highest BCUT2D eigenvalue weighted by atomic mass is 32.2. The quantitative estimate of drug-likeness (QED) is 0.551. The van der Waals surface area contributed by atoms with E-state index < -0.39 is 16.2 Å². The first-order valence-electron chi connectivity index (χ1n) is 2.71. The van der Waals surface area contributed by atoms with Crippen molar-refractivity contribution in [3.8, 4) is 0 Å². The van der Waals surface area contributed by atoms with Crippen LogP contribution in [0.15, 0.2) is 0 Å². The standard InChI is InChI=1S/C5H10O4S/c1-4(6)5(2)9-10(3,7)8/h5H,1-3H3. The van der Waals surface area contributed by atoms with Gasteiger partial charge in [-0.2, -0.15) is 8.42 Å². The maximum atomic E-state index is 10.4. The Morgan fingerprint density at radius 2 is 1.90 bits per heavy atom. The van der Waals surface area contributed by atoms with E-state index in [0.29, 0.717) is 0 Å². The van der Waals surface area contributed by atoms with Crippen molar-refractivity contribution >= 4 is 15.9 Å². The zero-order valence-electron chi connectivity index (χ0n) is 6.12. The van der Waals surface area contributed by atoms with E-state index in [1.807, 2.05) is 0 Å². The van der Waals surface area contributed by atoms with E-state index in [9.17, 15) is 13.2 Å². The lowest BCUT2D eigenvalue weighted by Crippen LogP contribution is -2.20. The van der Waals surface area contributed by atoms with Crippen LogP contribution in [-0.4, -0.2) is 26.6 Å². The van der Waals surface area contributed by atoms with Gasteiger partial charge in [0.25, 0.3) is 10.1 Å². The van der Waals surface area contributed by atoms with Gasteiger partial charge in [-0.3, -0.25) is 8.98 Å². The van der Waals surface area contributed by atoms with Crippen LogP contribution in [0.1, 0.15) is 13.8 Å². The number of carbonyl (C=O) groups is 1. The fraction of sp³-hybridized carbons (Fsp3) is 0.800. The van der Waals surface area contributed by atoms with E-state index in [1.165, 1.54) is 13.8 Å². The summed E-state index contributed by atoms with van der Waals surface area (Å²) in [5, 5.41) is 0. The summed E-state index contributed by atoms with van der Waals surface area (Å²) in [7, 11) is -3.49. The van der Waals surface area contributed by atoms with Gasteiger partial charge in [0, 0.05) is 0 Å². The summed E-state index contributed by atoms with van der Waals surface area (Å²) in [6, 6.07) is 0. The van der Waals surface area contributed by atoms with Gasteiger partial charge in [0.05, 0.1) is 6.26 Å². The second kappa shape index (κ2) is 3.12. The smallest absolute Gasteiger partial charge is 0.265 e. The molecule has 0 rings (SSSR count). The summed E-state index contributed by atoms with van der Waals surface area (Å²) in [6.07, 6.45) is 0.0434. The Morgan fingerprint density at radius 3 is 2.00 bits per heavy atom. The van der Waals surface area contributed by atoms with Gasteiger partial charge >= 0.3 is 0 Å². The maximum Gasteiger partial charge on any atom is 0.265 e. The maximum absolute atomic E-state index is 10.4. The van der Waals surface area contributed by atoms with Gasteiger partial charge < -0.3 is 0 Å². The molecule has 1 unspecified atom stereocenters. The molecule has 0 aliphatic carbocycles. The van der Waals surface area contributed by atoms with Crippen LogP contribution in [0, 0.1) is 0 Å². The van der Waals surface area contributed by atoms with Crippen molar-refractivity contribution in [1.82, 2.24) is 0 Å². The zero-order chi connectivity index (χ0) is 8.36. The topological polar surface area (TPSA) is 60.4 Å². The van der Waals surface area contributed by atoms with Gasteiger partial charge in [0.1, 0.15) is 6.10 Å². The first kappa shape index (κ1) is 9.58. The summed E-state index contributed by atoms with van der Waals surface area (Å²) >= 11 is 0. The molecule has 0 aromatic rings. The van der Waals surface area contributed by atoms with Gasteiger partial charge in [-0.15, -0.1) is 0 Å². The molecule has 0 aromatic carbocycles. The summed E-state index contributed by atoms with van der Waals surface area (Å²) in [5.74, 6) is -0.301. The molecule has 60 valence electrons. The molecular formula is C5H10O4S. The molecule has 0 bridgehead atoms. The summed E-state index contributed by atoms with van der Waals surface area (Å²) < 4.78 is 25.1. The highest BCUT2D eigenvalue weighted by Gasteiger charge is 2.13. The molecule has 10 heavy (non-hydrogen) atoms. The Hall–Kier alpha value is -0.420. The van der Waals surface area contributed by atoms with Crippen LogP contribution >= 0.6 is 0 Å². The third-order valence-electron chi connectivity index (χ3n) is 0.892. The Balaban J connectivity index is 4.06. The van der Waals surface area contributed by atoms with Crippen molar-refractivity contribution in [1.29, 1.82) is 0 Å². The SMILES string of the molecule is CC(=O)C(C)OS(C)(=O)=O. The molecule has 0 aliphatic heterocycles. The number of hydrogen-bond acceptors (Lipinski definition) is 4. The van der Waals surface area contributed by atoms with Crippen LogP contribution in [0.2, 0.25) is 0 Å². The molecule has 0 aliphatic rings. The summed E-state index contributed by atoms with van der Waals surface area (Å²) in [5.41, 5.74) is 0. The number of carbonyl (C=O) groups excluding carboxylic acids is 1. The van der Waals surface area contributed by atoms with Gasteiger partial charge in [0.15, 0.2) is 5.78 Å². The Morgan fingerprint density at radius 1 is 1.50 bits per heavy atom. The van der Waals surface area contributed by atoms with Crippen LogP contribution in [0.3, 0.4) is 0 Å². The van der Waals surface area contributed by atoms with Crippen LogP contribution in [0.25, 0.3) is 0 Å². The molecule has 0 saturated heterocycles. The van der Waals surface area contributed by atoms with Gasteiger partial charge in [-0.1, -0.05) is 0 Å². The summed E-state index contributed by atoms with van der Waals surface area (Å²) in [4.78, 5) is 10.4. The Bertz CT molecular complexity index is 216. The Labute approximate surface area is 60.3 Å². The van der Waals surface area contributed by atoms with E-state index in [0.717, 1.165) is 6.26 Å². The molecule has 0 fully saturated rings. The lowest BCUT2D eigenvalue weighted by atomic mass is 10.3. The number of Topliss-reactive ketones (excluding diaryl/α,β-unsaturated/α-hetero) is 1. The minimum atomic E-state index is -3.49. The van der Waals surface area contributed by atoms with E-state index in [1.54, 1.807) is 0 Å². The fourth-order valence-corrected chi connectivity index (χ4v) is 0.990. The second-order valence-electron chi connectivity index (χ2n) is 2.05. The van der Waals surface area contributed by atoms with E-state index in [-0.39, 0.29) is 5.78 Å². The van der Waals surface area contributed by atoms with E-state index >= 15 is 0 Å². The van der Waals surface area contributed by atoms with E-state index in [4.69, 9.17) is 0 Å². The first-order chi connectivity index (χ1) is 4.33. The molecule has 0 N–H and O–H groups in total. The summed E-state index contributed by atoms with van der Waals surface area (Å²) in [6.45, 7) is 2.67. The highest BCUT2D eigenvalue weighted by molar-refractivity contribution is 7.86. The van der Waals surface area contributed by atoms with Crippen molar-refractivity contribution in [2.24, 2.45) is 0 Å². The van der Waals surface area contributed by atoms with Crippen molar-refractivity contribution < 1.29 is 17.4 Å². The molecule has 1 atom stereocenters. The molecule has 0 saturated carbocycles. The third-order valence-corrected chi connectivity index (χ3v) is 1.53. The highest BCUT2D eigenvalue weighted by Crippen LogP contribution is 1.96.